The van der Waals surface area contributed by atoms with Crippen LogP contribution in [0.25, 0.3) is 0 Å². The molecule has 0 bridgehead atoms. The minimum atomic E-state index is -2.56. The van der Waals surface area contributed by atoms with Crippen LogP contribution in [0.1, 0.15) is 0 Å². The van der Waals surface area contributed by atoms with Gasteiger partial charge in [-0.3, -0.25) is 0 Å². The van der Waals surface area contributed by atoms with Gasteiger partial charge < -0.3 is 7.79 Å². The molecule has 1 saturated heterocycles. The van der Waals surface area contributed by atoms with Crippen molar-refractivity contribution in [1.82, 2.24) is 7.79 Å². The molecule has 0 spiro atoms. The van der Waals surface area contributed by atoms with Crippen LogP contribution in [-0.4, -0.2) is 39.7 Å². The first kappa shape index (κ1) is 20.5. The Hall–Kier alpha value is -0.192. The molecule has 0 amide bonds. The fraction of sp³-hybridized carbons (Fsp3) is 0.333. The van der Waals surface area contributed by atoms with Crippen LogP contribution >= 0.6 is 22.2 Å². The van der Waals surface area contributed by atoms with Crippen LogP contribution in [0.4, 0.5) is 0 Å². The number of rotatable bonds is 4. The minimum Gasteiger partial charge on any atom is -0.333 e. The fourth-order valence-corrected chi connectivity index (χ4v) is 48.3. The average Bonchev–Trinajstić information content (AvgIpc) is 2.53. The summed E-state index contributed by atoms with van der Waals surface area (Å²) in [5, 5.41) is 2.56. The van der Waals surface area contributed by atoms with E-state index < -0.39 is 31.9 Å². The number of benzene rings is 2. The van der Waals surface area contributed by atoms with E-state index in [0.717, 1.165) is 0 Å². The molecule has 140 valence electrons. The molecule has 2 aromatic carbocycles. The third kappa shape index (κ3) is 3.04. The number of nitrogens with zero attached hydrogens (tertiary/aromatic N) is 2. The normalized spacial score (nSPS) is 20.6. The van der Waals surface area contributed by atoms with Gasteiger partial charge in [0.15, 0.2) is 16.8 Å². The molecule has 0 saturated carbocycles. The summed E-state index contributed by atoms with van der Waals surface area (Å²) < 4.78 is 5.58. The summed E-state index contributed by atoms with van der Waals surface area (Å²) in [5.74, 6) is 0. The van der Waals surface area contributed by atoms with Gasteiger partial charge in [0.05, 0.1) is 0 Å². The van der Waals surface area contributed by atoms with E-state index in [2.05, 4.69) is 108 Å². The molecule has 0 unspecified atom stereocenters. The Labute approximate surface area is 171 Å². The highest BCUT2D eigenvalue weighted by Crippen LogP contribution is 2.47. The number of halogens is 2. The second kappa shape index (κ2) is 6.70. The highest BCUT2D eigenvalue weighted by Gasteiger charge is 2.71. The van der Waals surface area contributed by atoms with Crippen LogP contribution in [0.15, 0.2) is 60.7 Å². The summed E-state index contributed by atoms with van der Waals surface area (Å²) in [6.45, 7) is 14.2. The molecule has 8 heteroatoms. The van der Waals surface area contributed by atoms with Crippen molar-refractivity contribution in [2.75, 3.05) is 0 Å². The van der Waals surface area contributed by atoms with E-state index >= 15 is 0 Å². The molecule has 1 heterocycles. The van der Waals surface area contributed by atoms with E-state index in [9.17, 15) is 0 Å². The maximum Gasteiger partial charge on any atom is 0.280 e. The first-order valence-electron chi connectivity index (χ1n) is 9.04. The van der Waals surface area contributed by atoms with Crippen molar-refractivity contribution in [1.29, 1.82) is 0 Å². The van der Waals surface area contributed by atoms with Gasteiger partial charge in [-0.25, -0.2) is 0 Å². The van der Waals surface area contributed by atoms with E-state index in [1.807, 2.05) is 0 Å². The van der Waals surface area contributed by atoms with Gasteiger partial charge >= 0.3 is 0 Å². The lowest BCUT2D eigenvalue weighted by Gasteiger charge is -2.74. The maximum absolute atomic E-state index is 7.76. The monoisotopic (exact) mass is 454 g/mol. The molecule has 2 nitrogen and oxygen atoms in total. The van der Waals surface area contributed by atoms with Crippen molar-refractivity contribution in [3.05, 3.63) is 60.7 Å². The van der Waals surface area contributed by atoms with Gasteiger partial charge in [0.1, 0.15) is 0 Å². The molecule has 0 aliphatic carbocycles. The Bertz CT molecular complexity index is 723. The van der Waals surface area contributed by atoms with Crippen molar-refractivity contribution in [3.8, 4) is 0 Å². The van der Waals surface area contributed by atoms with E-state index in [1.165, 1.54) is 10.4 Å². The van der Waals surface area contributed by atoms with Crippen molar-refractivity contribution in [3.63, 3.8) is 0 Å². The molecule has 1 aliphatic rings. The summed E-state index contributed by atoms with van der Waals surface area (Å²) >= 11 is 14.7. The van der Waals surface area contributed by atoms with Crippen molar-refractivity contribution in [2.24, 2.45) is 0 Å². The van der Waals surface area contributed by atoms with Crippen LogP contribution in [-0.2, 0) is 0 Å². The summed E-state index contributed by atoms with van der Waals surface area (Å²) in [6, 6.07) is 21.5. The van der Waals surface area contributed by atoms with Crippen LogP contribution in [0, 0.1) is 0 Å². The zero-order valence-corrected chi connectivity index (χ0v) is 21.9. The van der Waals surface area contributed by atoms with Crippen LogP contribution in [0.2, 0.25) is 39.3 Å². The SMILES string of the molecule is C[Si](C)(Cl)N1[Si](C)(C)N([Si](Cl)(c2ccccc2)c2ccccc2)[Si]1(C)C. The van der Waals surface area contributed by atoms with E-state index in [-0.39, 0.29) is 0 Å². The Balaban J connectivity index is 2.22. The lowest BCUT2D eigenvalue weighted by Crippen LogP contribution is -2.99. The fourth-order valence-electron chi connectivity index (χ4n) is 5.29. The lowest BCUT2D eigenvalue weighted by atomic mass is 10.4. The third-order valence-corrected chi connectivity index (χ3v) is 36.1. The molecule has 0 N–H and O–H groups in total. The predicted octanol–water partition coefficient (Wildman–Crippen LogP) is 4.44. The molecular weight excluding hydrogens is 427 g/mol. The molecule has 0 atom stereocenters. The van der Waals surface area contributed by atoms with Crippen molar-refractivity contribution >= 4 is 64.4 Å². The summed E-state index contributed by atoms with van der Waals surface area (Å²) in [4.78, 5) is 0. The van der Waals surface area contributed by atoms with E-state index in [4.69, 9.17) is 22.2 Å². The number of hydrogen-bond donors (Lipinski definition) is 0. The van der Waals surface area contributed by atoms with Gasteiger partial charge in [-0.05, 0) is 49.7 Å². The zero-order chi connectivity index (χ0) is 19.4. The third-order valence-electron chi connectivity index (χ3n) is 5.34. The number of hydrogen-bond acceptors (Lipinski definition) is 2. The Morgan fingerprint density at radius 2 is 1.00 bits per heavy atom. The van der Waals surface area contributed by atoms with Gasteiger partial charge in [-0.15, -0.1) is 22.2 Å². The Kier molecular flexibility index (Phi) is 5.29. The van der Waals surface area contributed by atoms with Crippen LogP contribution in [0.5, 0.6) is 0 Å². The summed E-state index contributed by atoms with van der Waals surface area (Å²) in [5.41, 5.74) is 0. The van der Waals surface area contributed by atoms with Gasteiger partial charge in [0, 0.05) is 0 Å². The van der Waals surface area contributed by atoms with Crippen molar-refractivity contribution in [2.45, 2.75) is 39.3 Å². The van der Waals surface area contributed by atoms with E-state index in [0.29, 0.717) is 0 Å². The van der Waals surface area contributed by atoms with Gasteiger partial charge in [0.25, 0.3) is 7.55 Å². The smallest absolute Gasteiger partial charge is 0.280 e. The molecule has 1 fully saturated rings. The Morgan fingerprint density at radius 1 is 0.654 bits per heavy atom. The van der Waals surface area contributed by atoms with Gasteiger partial charge in [-0.2, -0.15) is 0 Å². The topological polar surface area (TPSA) is 6.48 Å². The molecular formula is C18H28Cl2N2Si4. The average molecular weight is 456 g/mol. The summed E-state index contributed by atoms with van der Waals surface area (Å²) in [7, 11) is -8.26. The Morgan fingerprint density at radius 3 is 1.31 bits per heavy atom. The predicted molar refractivity (Wildman–Crippen MR) is 126 cm³/mol. The second-order valence-corrected chi connectivity index (χ2v) is 29.4. The molecule has 2 aromatic rings. The zero-order valence-electron chi connectivity index (χ0n) is 16.4. The van der Waals surface area contributed by atoms with Crippen LogP contribution in [0.3, 0.4) is 0 Å². The standard InChI is InChI=1S/C18H28Cl2N2Si4/c1-23(2,19)21-24(3,4)22(25(21,5)6)26(20,17-13-9-7-10-14-17)18-15-11-8-12-16-18/h7-16H,1-6H3. The van der Waals surface area contributed by atoms with Crippen LogP contribution < -0.4 is 10.4 Å². The molecule has 26 heavy (non-hydrogen) atoms. The maximum atomic E-state index is 7.76. The highest BCUT2D eigenvalue weighted by atomic mass is 35.6. The molecule has 3 rings (SSSR count). The van der Waals surface area contributed by atoms with Crippen molar-refractivity contribution < 1.29 is 0 Å². The molecule has 0 radical (unpaired) electrons. The van der Waals surface area contributed by atoms with E-state index in [1.54, 1.807) is 0 Å². The molecule has 1 aliphatic heterocycles. The largest absolute Gasteiger partial charge is 0.333 e. The highest BCUT2D eigenvalue weighted by molar-refractivity contribution is 7.42. The first-order chi connectivity index (χ1) is 11.9. The van der Waals surface area contributed by atoms with Gasteiger partial charge in [0.2, 0.25) is 7.55 Å². The first-order valence-corrected chi connectivity index (χ1v) is 21.7. The summed E-state index contributed by atoms with van der Waals surface area (Å²) in [6.07, 6.45) is 0. The lowest BCUT2D eigenvalue weighted by molar-refractivity contribution is 0.634. The van der Waals surface area contributed by atoms with Gasteiger partial charge in [-0.1, -0.05) is 60.7 Å². The minimum absolute atomic E-state index is 1.28. The molecule has 0 aromatic heterocycles. The quantitative estimate of drug-likeness (QED) is 0.497. The second-order valence-electron chi connectivity index (χ2n) is 8.42.